The molecular weight excluding hydrogens is 246 g/mol. The fourth-order valence-corrected chi connectivity index (χ4v) is 2.25. The third-order valence-electron chi connectivity index (χ3n) is 2.14. The second-order valence-corrected chi connectivity index (χ2v) is 5.69. The van der Waals surface area contributed by atoms with Crippen LogP contribution in [0.3, 0.4) is 0 Å². The van der Waals surface area contributed by atoms with E-state index in [0.717, 1.165) is 19.0 Å². The fraction of sp³-hybridized carbons (Fsp3) is 0.600. The largest absolute Gasteiger partial charge is 0.312 e. The van der Waals surface area contributed by atoms with E-state index in [9.17, 15) is 0 Å². The van der Waals surface area contributed by atoms with Gasteiger partial charge in [-0.15, -0.1) is 11.3 Å². The standard InChI is InChI=1S/C10H16BrNS/c1-3-8(2)5-12-6-9-4-10(11)13-7-9/h4,7-8,12H,3,5-6H2,1-2H3. The van der Waals surface area contributed by atoms with Gasteiger partial charge in [0, 0.05) is 6.54 Å². The summed E-state index contributed by atoms with van der Waals surface area (Å²) < 4.78 is 1.22. The molecule has 13 heavy (non-hydrogen) atoms. The van der Waals surface area contributed by atoms with E-state index in [1.165, 1.54) is 15.8 Å². The number of rotatable bonds is 5. The van der Waals surface area contributed by atoms with Gasteiger partial charge in [0.15, 0.2) is 0 Å². The lowest BCUT2D eigenvalue weighted by molar-refractivity contribution is 0.500. The highest BCUT2D eigenvalue weighted by Gasteiger charge is 1.99. The average Bonchev–Trinajstić information content (AvgIpc) is 2.51. The predicted molar refractivity (Wildman–Crippen MR) is 63.2 cm³/mol. The maximum atomic E-state index is 3.46. The molecule has 0 aromatic carbocycles. The second-order valence-electron chi connectivity index (χ2n) is 3.40. The predicted octanol–water partition coefficient (Wildman–Crippen LogP) is 3.65. The molecule has 0 amide bonds. The van der Waals surface area contributed by atoms with Crippen LogP contribution < -0.4 is 5.32 Å². The Balaban J connectivity index is 2.20. The number of hydrogen-bond donors (Lipinski definition) is 1. The average molecular weight is 262 g/mol. The first kappa shape index (κ1) is 11.2. The van der Waals surface area contributed by atoms with Crippen LogP contribution in [0, 0.1) is 5.92 Å². The van der Waals surface area contributed by atoms with Crippen molar-refractivity contribution < 1.29 is 0 Å². The molecule has 1 unspecified atom stereocenters. The van der Waals surface area contributed by atoms with Gasteiger partial charge >= 0.3 is 0 Å². The molecule has 0 bridgehead atoms. The molecule has 0 saturated heterocycles. The zero-order valence-corrected chi connectivity index (χ0v) is 10.5. The molecule has 1 aromatic heterocycles. The second kappa shape index (κ2) is 5.78. The minimum Gasteiger partial charge on any atom is -0.312 e. The van der Waals surface area contributed by atoms with Crippen molar-refractivity contribution in [1.82, 2.24) is 5.32 Å². The molecular formula is C10H16BrNS. The Labute approximate surface area is 92.7 Å². The molecule has 1 aromatic rings. The summed E-state index contributed by atoms with van der Waals surface area (Å²) in [5.74, 6) is 0.780. The first-order valence-corrected chi connectivity index (χ1v) is 6.33. The smallest absolute Gasteiger partial charge is 0.0701 e. The zero-order valence-electron chi connectivity index (χ0n) is 8.14. The molecule has 0 radical (unpaired) electrons. The molecule has 0 spiro atoms. The molecule has 1 atom stereocenters. The summed E-state index contributed by atoms with van der Waals surface area (Å²) in [6.07, 6.45) is 1.25. The highest BCUT2D eigenvalue weighted by molar-refractivity contribution is 9.11. The number of thiophene rings is 1. The molecule has 1 rings (SSSR count). The van der Waals surface area contributed by atoms with Gasteiger partial charge in [-0.1, -0.05) is 20.3 Å². The quantitative estimate of drug-likeness (QED) is 0.854. The normalized spacial score (nSPS) is 13.2. The van der Waals surface area contributed by atoms with Gasteiger partial charge in [-0.2, -0.15) is 0 Å². The lowest BCUT2D eigenvalue weighted by atomic mass is 10.1. The van der Waals surface area contributed by atoms with E-state index in [1.807, 2.05) is 0 Å². The summed E-state index contributed by atoms with van der Waals surface area (Å²) >= 11 is 5.20. The van der Waals surface area contributed by atoms with Gasteiger partial charge in [-0.05, 0) is 45.4 Å². The molecule has 0 saturated carbocycles. The maximum absolute atomic E-state index is 3.46. The van der Waals surface area contributed by atoms with Gasteiger partial charge in [0.2, 0.25) is 0 Å². The van der Waals surface area contributed by atoms with Crippen molar-refractivity contribution in [2.24, 2.45) is 5.92 Å². The van der Waals surface area contributed by atoms with Crippen LogP contribution in [0.2, 0.25) is 0 Å². The van der Waals surface area contributed by atoms with Crippen LogP contribution in [0.1, 0.15) is 25.8 Å². The molecule has 0 fully saturated rings. The summed E-state index contributed by atoms with van der Waals surface area (Å²) in [4.78, 5) is 0. The Morgan fingerprint density at radius 3 is 2.92 bits per heavy atom. The fourth-order valence-electron chi connectivity index (χ4n) is 1.05. The van der Waals surface area contributed by atoms with Crippen molar-refractivity contribution in [3.8, 4) is 0 Å². The van der Waals surface area contributed by atoms with E-state index >= 15 is 0 Å². The molecule has 1 N–H and O–H groups in total. The van der Waals surface area contributed by atoms with Gasteiger partial charge < -0.3 is 5.32 Å². The Morgan fingerprint density at radius 2 is 2.38 bits per heavy atom. The molecule has 1 nitrogen and oxygen atoms in total. The van der Waals surface area contributed by atoms with Crippen LogP contribution in [-0.2, 0) is 6.54 Å². The van der Waals surface area contributed by atoms with Gasteiger partial charge in [0.1, 0.15) is 0 Å². The van der Waals surface area contributed by atoms with Crippen molar-refractivity contribution in [3.63, 3.8) is 0 Å². The van der Waals surface area contributed by atoms with E-state index in [2.05, 4.69) is 46.5 Å². The lowest BCUT2D eigenvalue weighted by Gasteiger charge is -2.08. The summed E-state index contributed by atoms with van der Waals surface area (Å²) in [6.45, 7) is 6.61. The van der Waals surface area contributed by atoms with Gasteiger partial charge in [-0.25, -0.2) is 0 Å². The monoisotopic (exact) mass is 261 g/mol. The molecule has 3 heteroatoms. The molecule has 0 aliphatic heterocycles. The number of nitrogens with one attached hydrogen (secondary N) is 1. The van der Waals surface area contributed by atoms with Crippen LogP contribution in [0.4, 0.5) is 0 Å². The van der Waals surface area contributed by atoms with Crippen LogP contribution in [0.15, 0.2) is 15.2 Å². The van der Waals surface area contributed by atoms with E-state index in [-0.39, 0.29) is 0 Å². The highest BCUT2D eigenvalue weighted by Crippen LogP contribution is 2.20. The Hall–Kier alpha value is 0.140. The maximum Gasteiger partial charge on any atom is 0.0701 e. The van der Waals surface area contributed by atoms with E-state index < -0.39 is 0 Å². The first-order valence-electron chi connectivity index (χ1n) is 4.66. The minimum atomic E-state index is 0.780. The molecule has 74 valence electrons. The van der Waals surface area contributed by atoms with Gasteiger partial charge in [0.05, 0.1) is 3.79 Å². The van der Waals surface area contributed by atoms with E-state index in [1.54, 1.807) is 11.3 Å². The Kier molecular flexibility index (Phi) is 4.99. The third-order valence-corrected chi connectivity index (χ3v) is 3.69. The van der Waals surface area contributed by atoms with Crippen molar-refractivity contribution in [1.29, 1.82) is 0 Å². The van der Waals surface area contributed by atoms with Crippen LogP contribution >= 0.6 is 27.3 Å². The Bertz CT molecular complexity index is 247. The van der Waals surface area contributed by atoms with Crippen molar-refractivity contribution in [2.75, 3.05) is 6.54 Å². The summed E-state index contributed by atoms with van der Waals surface area (Å²) in [5.41, 5.74) is 1.38. The van der Waals surface area contributed by atoms with Crippen molar-refractivity contribution in [3.05, 3.63) is 20.8 Å². The van der Waals surface area contributed by atoms with E-state index in [0.29, 0.717) is 0 Å². The topological polar surface area (TPSA) is 12.0 Å². The molecule has 0 aliphatic carbocycles. The first-order chi connectivity index (χ1) is 6.22. The number of halogens is 1. The molecule has 0 aliphatic rings. The van der Waals surface area contributed by atoms with E-state index in [4.69, 9.17) is 0 Å². The third kappa shape index (κ3) is 4.25. The summed E-state index contributed by atoms with van der Waals surface area (Å²) in [5, 5.41) is 5.64. The van der Waals surface area contributed by atoms with Crippen molar-refractivity contribution in [2.45, 2.75) is 26.8 Å². The van der Waals surface area contributed by atoms with Crippen LogP contribution in [0.25, 0.3) is 0 Å². The van der Waals surface area contributed by atoms with Crippen LogP contribution in [0.5, 0.6) is 0 Å². The summed E-state index contributed by atoms with van der Waals surface area (Å²) in [6, 6.07) is 2.17. The zero-order chi connectivity index (χ0) is 9.68. The van der Waals surface area contributed by atoms with Gasteiger partial charge in [0.25, 0.3) is 0 Å². The molecule has 1 heterocycles. The highest BCUT2D eigenvalue weighted by atomic mass is 79.9. The van der Waals surface area contributed by atoms with Gasteiger partial charge in [-0.3, -0.25) is 0 Å². The SMILES string of the molecule is CCC(C)CNCc1csc(Br)c1. The van der Waals surface area contributed by atoms with Crippen LogP contribution in [-0.4, -0.2) is 6.54 Å². The van der Waals surface area contributed by atoms with Crippen molar-refractivity contribution >= 4 is 27.3 Å². The Morgan fingerprint density at radius 1 is 1.62 bits per heavy atom. The summed E-state index contributed by atoms with van der Waals surface area (Å²) in [7, 11) is 0. The lowest BCUT2D eigenvalue weighted by Crippen LogP contribution is -2.19. The minimum absolute atomic E-state index is 0.780. The number of hydrogen-bond acceptors (Lipinski definition) is 2.